The van der Waals surface area contributed by atoms with Crippen molar-refractivity contribution in [2.45, 2.75) is 13.0 Å². The SMILES string of the molecule is COc1ccnc(CNC2=NCCCN2C)n1.I. The van der Waals surface area contributed by atoms with Gasteiger partial charge in [-0.1, -0.05) is 0 Å². The first kappa shape index (κ1) is 14.9. The number of nitrogens with zero attached hydrogens (tertiary/aromatic N) is 4. The first-order valence-electron chi connectivity index (χ1n) is 5.65. The predicted molar refractivity (Wildman–Crippen MR) is 80.4 cm³/mol. The van der Waals surface area contributed by atoms with Crippen LogP contribution in [-0.4, -0.2) is 48.1 Å². The van der Waals surface area contributed by atoms with Crippen molar-refractivity contribution >= 4 is 29.9 Å². The standard InChI is InChI=1S/C11H17N5O.HI/c1-16-7-3-5-13-11(16)14-8-9-12-6-4-10(15-9)17-2;/h4,6H,3,5,7-8H2,1-2H3,(H,13,14);1H. The largest absolute Gasteiger partial charge is 0.481 e. The minimum atomic E-state index is 0. The number of hydrogen-bond donors (Lipinski definition) is 1. The summed E-state index contributed by atoms with van der Waals surface area (Å²) in [5.41, 5.74) is 0. The summed E-state index contributed by atoms with van der Waals surface area (Å²) in [4.78, 5) is 14.9. The van der Waals surface area contributed by atoms with Gasteiger partial charge in [0.1, 0.15) is 0 Å². The Bertz CT molecular complexity index is 412. The van der Waals surface area contributed by atoms with Crippen LogP contribution in [0.25, 0.3) is 0 Å². The lowest BCUT2D eigenvalue weighted by molar-refractivity contribution is 0.394. The highest BCUT2D eigenvalue weighted by Crippen LogP contribution is 2.04. The lowest BCUT2D eigenvalue weighted by Crippen LogP contribution is -2.42. The fourth-order valence-electron chi connectivity index (χ4n) is 1.65. The van der Waals surface area contributed by atoms with E-state index in [1.54, 1.807) is 19.4 Å². The van der Waals surface area contributed by atoms with Crippen molar-refractivity contribution in [2.75, 3.05) is 27.2 Å². The number of halogens is 1. The smallest absolute Gasteiger partial charge is 0.216 e. The van der Waals surface area contributed by atoms with Crippen LogP contribution in [0.3, 0.4) is 0 Å². The van der Waals surface area contributed by atoms with Gasteiger partial charge in [0.05, 0.1) is 13.7 Å². The lowest BCUT2D eigenvalue weighted by atomic mass is 10.3. The minimum absolute atomic E-state index is 0. The molecule has 1 aromatic heterocycles. The summed E-state index contributed by atoms with van der Waals surface area (Å²) >= 11 is 0. The molecule has 0 saturated heterocycles. The van der Waals surface area contributed by atoms with Gasteiger partial charge in [-0.2, -0.15) is 4.98 Å². The van der Waals surface area contributed by atoms with Crippen molar-refractivity contribution in [3.63, 3.8) is 0 Å². The summed E-state index contributed by atoms with van der Waals surface area (Å²) in [6, 6.07) is 1.73. The second-order valence-electron chi connectivity index (χ2n) is 3.85. The molecular formula is C11H18IN5O. The molecule has 0 saturated carbocycles. The summed E-state index contributed by atoms with van der Waals surface area (Å²) in [7, 11) is 3.62. The van der Waals surface area contributed by atoms with Crippen LogP contribution in [0.5, 0.6) is 5.88 Å². The molecular weight excluding hydrogens is 345 g/mol. The zero-order chi connectivity index (χ0) is 12.1. The van der Waals surface area contributed by atoms with Crippen LogP contribution in [0.15, 0.2) is 17.3 Å². The van der Waals surface area contributed by atoms with E-state index in [0.717, 1.165) is 25.5 Å². The van der Waals surface area contributed by atoms with Crippen LogP contribution in [0.2, 0.25) is 0 Å². The Labute approximate surface area is 124 Å². The van der Waals surface area contributed by atoms with Gasteiger partial charge in [-0.15, -0.1) is 24.0 Å². The van der Waals surface area contributed by atoms with Crippen molar-refractivity contribution in [2.24, 2.45) is 4.99 Å². The molecule has 0 spiro atoms. The molecule has 0 amide bonds. The van der Waals surface area contributed by atoms with Crippen LogP contribution in [0, 0.1) is 0 Å². The first-order valence-corrected chi connectivity index (χ1v) is 5.65. The molecule has 0 atom stereocenters. The van der Waals surface area contributed by atoms with E-state index in [1.165, 1.54) is 0 Å². The zero-order valence-corrected chi connectivity index (χ0v) is 12.9. The van der Waals surface area contributed by atoms with Gasteiger partial charge in [0.25, 0.3) is 0 Å². The number of aliphatic imine (C=N–C) groups is 1. The normalized spacial score (nSPS) is 14.6. The van der Waals surface area contributed by atoms with E-state index in [2.05, 4.69) is 25.2 Å². The topological polar surface area (TPSA) is 62.6 Å². The van der Waals surface area contributed by atoms with Gasteiger partial charge >= 0.3 is 0 Å². The van der Waals surface area contributed by atoms with E-state index < -0.39 is 0 Å². The Morgan fingerprint density at radius 2 is 2.33 bits per heavy atom. The van der Waals surface area contributed by atoms with Crippen LogP contribution in [-0.2, 0) is 6.54 Å². The van der Waals surface area contributed by atoms with Gasteiger partial charge in [-0.3, -0.25) is 4.99 Å². The van der Waals surface area contributed by atoms with Crippen LogP contribution >= 0.6 is 24.0 Å². The molecule has 100 valence electrons. The summed E-state index contributed by atoms with van der Waals surface area (Å²) < 4.78 is 5.05. The van der Waals surface area contributed by atoms with Crippen LogP contribution in [0.1, 0.15) is 12.2 Å². The zero-order valence-electron chi connectivity index (χ0n) is 10.6. The lowest BCUT2D eigenvalue weighted by Gasteiger charge is -2.25. The van der Waals surface area contributed by atoms with Crippen LogP contribution < -0.4 is 10.1 Å². The van der Waals surface area contributed by atoms with Gasteiger partial charge < -0.3 is 15.0 Å². The van der Waals surface area contributed by atoms with E-state index in [-0.39, 0.29) is 24.0 Å². The molecule has 7 heteroatoms. The molecule has 1 aliphatic heterocycles. The molecule has 0 fully saturated rings. The maximum atomic E-state index is 5.05. The summed E-state index contributed by atoms with van der Waals surface area (Å²) in [5.74, 6) is 2.18. The second kappa shape index (κ2) is 7.34. The molecule has 1 N–H and O–H groups in total. The maximum Gasteiger partial charge on any atom is 0.216 e. The van der Waals surface area contributed by atoms with Crippen molar-refractivity contribution in [3.05, 3.63) is 18.1 Å². The molecule has 0 radical (unpaired) electrons. The van der Waals surface area contributed by atoms with Gasteiger partial charge in [0.2, 0.25) is 5.88 Å². The average Bonchev–Trinajstić information content (AvgIpc) is 2.38. The minimum Gasteiger partial charge on any atom is -0.481 e. The van der Waals surface area contributed by atoms with Gasteiger partial charge in [-0.25, -0.2) is 4.98 Å². The quantitative estimate of drug-likeness (QED) is 0.809. The summed E-state index contributed by atoms with van der Waals surface area (Å²) in [6.07, 6.45) is 2.80. The van der Waals surface area contributed by atoms with Crippen molar-refractivity contribution in [3.8, 4) is 5.88 Å². The van der Waals surface area contributed by atoms with Gasteiger partial charge in [-0.05, 0) is 6.42 Å². The van der Waals surface area contributed by atoms with E-state index in [9.17, 15) is 0 Å². The molecule has 1 aliphatic rings. The van der Waals surface area contributed by atoms with E-state index in [1.807, 2.05) is 7.05 Å². The fourth-order valence-corrected chi connectivity index (χ4v) is 1.65. The molecule has 2 rings (SSSR count). The van der Waals surface area contributed by atoms with Gasteiger partial charge in [0, 0.05) is 32.4 Å². The first-order chi connectivity index (χ1) is 8.29. The average molecular weight is 363 g/mol. The number of nitrogens with one attached hydrogen (secondary N) is 1. The Morgan fingerprint density at radius 1 is 1.50 bits per heavy atom. The molecule has 0 unspecified atom stereocenters. The highest BCUT2D eigenvalue weighted by Gasteiger charge is 2.10. The number of hydrogen-bond acceptors (Lipinski definition) is 6. The van der Waals surface area contributed by atoms with E-state index in [4.69, 9.17) is 4.74 Å². The van der Waals surface area contributed by atoms with Gasteiger partial charge in [0.15, 0.2) is 11.8 Å². The number of guanidine groups is 1. The molecule has 1 aromatic rings. The highest BCUT2D eigenvalue weighted by atomic mass is 127. The third-order valence-corrected chi connectivity index (χ3v) is 2.57. The molecule has 0 aliphatic carbocycles. The highest BCUT2D eigenvalue weighted by molar-refractivity contribution is 14.0. The third-order valence-electron chi connectivity index (χ3n) is 2.57. The fraction of sp³-hybridized carbons (Fsp3) is 0.545. The van der Waals surface area contributed by atoms with Crippen molar-refractivity contribution < 1.29 is 4.74 Å². The number of aromatic nitrogens is 2. The number of methoxy groups -OCH3 is 1. The maximum absolute atomic E-state index is 5.05. The predicted octanol–water partition coefficient (Wildman–Crippen LogP) is 0.884. The Hall–Kier alpha value is -1.12. The summed E-state index contributed by atoms with van der Waals surface area (Å²) in [6.45, 7) is 2.47. The van der Waals surface area contributed by atoms with Crippen LogP contribution in [0.4, 0.5) is 0 Å². The molecule has 18 heavy (non-hydrogen) atoms. The Balaban J connectivity index is 0.00000162. The van der Waals surface area contributed by atoms with E-state index >= 15 is 0 Å². The van der Waals surface area contributed by atoms with Crippen molar-refractivity contribution in [1.29, 1.82) is 0 Å². The molecule has 0 bridgehead atoms. The Kier molecular flexibility index (Phi) is 6.10. The van der Waals surface area contributed by atoms with Crippen molar-refractivity contribution in [1.82, 2.24) is 20.2 Å². The second-order valence-corrected chi connectivity index (χ2v) is 3.85. The third kappa shape index (κ3) is 3.97. The molecule has 2 heterocycles. The summed E-state index contributed by atoms with van der Waals surface area (Å²) in [5, 5.41) is 3.23. The van der Waals surface area contributed by atoms with E-state index in [0.29, 0.717) is 18.2 Å². The monoisotopic (exact) mass is 363 g/mol. The number of rotatable bonds is 3. The molecule has 0 aromatic carbocycles. The molecule has 6 nitrogen and oxygen atoms in total. The number of ether oxygens (including phenoxy) is 1. The Morgan fingerprint density at radius 3 is 3.06 bits per heavy atom.